The fourth-order valence-electron chi connectivity index (χ4n) is 3.42. The van der Waals surface area contributed by atoms with Crippen molar-refractivity contribution in [1.82, 2.24) is 0 Å². The number of benzene rings is 4. The van der Waals surface area contributed by atoms with E-state index in [0.29, 0.717) is 29.2 Å². The number of rotatable bonds is 6. The van der Waals surface area contributed by atoms with Crippen LogP contribution in [0.25, 0.3) is 28.0 Å². The summed E-state index contributed by atoms with van der Waals surface area (Å²) >= 11 is 0. The van der Waals surface area contributed by atoms with Gasteiger partial charge in [-0.1, -0.05) is 24.3 Å². The molecule has 0 atom stereocenters. The lowest BCUT2D eigenvalue weighted by Gasteiger charge is -2.15. The van der Waals surface area contributed by atoms with E-state index in [-0.39, 0.29) is 5.75 Å². The smallest absolute Gasteiger partial charge is 0.330 e. The van der Waals surface area contributed by atoms with Crippen molar-refractivity contribution < 1.29 is 28.9 Å². The first kappa shape index (κ1) is 21.9. The van der Waals surface area contributed by atoms with E-state index in [9.17, 15) is 19.4 Å². The third kappa shape index (κ3) is 4.96. The van der Waals surface area contributed by atoms with Crippen molar-refractivity contribution in [3.05, 3.63) is 90.3 Å². The number of halogens is 1. The number of carbonyl (C=O) groups excluding carboxylic acids is 1. The average Bonchev–Trinajstić information content (AvgIpc) is 2.81. The highest BCUT2D eigenvalue weighted by molar-refractivity contribution is 5.96. The van der Waals surface area contributed by atoms with Gasteiger partial charge < -0.3 is 19.7 Å². The molecule has 0 bridgehead atoms. The number of hydrogen-bond donors (Lipinski definition) is 2. The van der Waals surface area contributed by atoms with Gasteiger partial charge in [0.1, 0.15) is 17.2 Å². The Bertz CT molecular complexity index is 1340. The van der Waals surface area contributed by atoms with E-state index in [2.05, 4.69) is 0 Å². The fraction of sp³-hybridized carbons (Fsp3) is 0.0741. The molecule has 33 heavy (non-hydrogen) atoms. The molecule has 6 heteroatoms. The minimum absolute atomic E-state index is 0.120. The third-order valence-electron chi connectivity index (χ3n) is 5.01. The van der Waals surface area contributed by atoms with Gasteiger partial charge in [0, 0.05) is 17.0 Å². The van der Waals surface area contributed by atoms with E-state index in [1.165, 1.54) is 18.2 Å². The Balaban J connectivity index is 1.72. The van der Waals surface area contributed by atoms with Crippen LogP contribution in [0, 0.1) is 5.82 Å². The van der Waals surface area contributed by atoms with Crippen LogP contribution in [0.4, 0.5) is 4.39 Å². The maximum absolute atomic E-state index is 14.0. The molecule has 0 aliphatic rings. The zero-order chi connectivity index (χ0) is 23.4. The van der Waals surface area contributed by atoms with Crippen molar-refractivity contribution in [2.45, 2.75) is 6.92 Å². The Labute approximate surface area is 190 Å². The predicted molar refractivity (Wildman–Crippen MR) is 125 cm³/mol. The number of esters is 1. The van der Waals surface area contributed by atoms with Gasteiger partial charge in [0.2, 0.25) is 0 Å². The lowest BCUT2D eigenvalue weighted by Crippen LogP contribution is -1.98. The zero-order valence-electron chi connectivity index (χ0n) is 17.8. The first-order valence-corrected chi connectivity index (χ1v) is 10.3. The summed E-state index contributed by atoms with van der Waals surface area (Å²) in [5, 5.41) is 20.9. The highest BCUT2D eigenvalue weighted by Gasteiger charge is 2.14. The standard InChI is InChI=1S/C27H21FO5/c1-2-32-26(31)14-5-17-3-9-21(10-4-17)33-27-22(19-7-13-25(30)24(28)16-19)11-6-18-15-20(29)8-12-23(18)27/h3-16,29-30H,2H2,1H3. The summed E-state index contributed by atoms with van der Waals surface area (Å²) in [5.74, 6) is -0.450. The van der Waals surface area contributed by atoms with Gasteiger partial charge in [0.25, 0.3) is 0 Å². The van der Waals surface area contributed by atoms with Gasteiger partial charge in [-0.2, -0.15) is 0 Å². The summed E-state index contributed by atoms with van der Waals surface area (Å²) in [4.78, 5) is 11.5. The molecule has 0 aliphatic carbocycles. The lowest BCUT2D eigenvalue weighted by molar-refractivity contribution is -0.137. The number of carbonyl (C=O) groups is 1. The quantitative estimate of drug-likeness (QED) is 0.265. The molecule has 0 fully saturated rings. The van der Waals surface area contributed by atoms with Crippen molar-refractivity contribution in [3.8, 4) is 34.1 Å². The minimum atomic E-state index is -0.734. The number of phenols is 2. The molecular weight excluding hydrogens is 423 g/mol. The molecule has 4 rings (SSSR count). The summed E-state index contributed by atoms with van der Waals surface area (Å²) < 4.78 is 25.1. The number of aromatic hydroxyl groups is 2. The molecule has 0 saturated carbocycles. The van der Waals surface area contributed by atoms with Gasteiger partial charge in [-0.25, -0.2) is 9.18 Å². The van der Waals surface area contributed by atoms with Crippen molar-refractivity contribution in [2.75, 3.05) is 6.61 Å². The molecule has 4 aromatic rings. The minimum Gasteiger partial charge on any atom is -0.508 e. The maximum Gasteiger partial charge on any atom is 0.330 e. The molecule has 0 unspecified atom stereocenters. The van der Waals surface area contributed by atoms with Gasteiger partial charge in [0.05, 0.1) is 6.61 Å². The Kier molecular flexibility index (Phi) is 6.26. The average molecular weight is 444 g/mol. The van der Waals surface area contributed by atoms with Gasteiger partial charge in [0.15, 0.2) is 11.6 Å². The number of ether oxygens (including phenoxy) is 2. The molecule has 0 saturated heterocycles. The van der Waals surface area contributed by atoms with Crippen LogP contribution in [0.15, 0.2) is 78.9 Å². The Hall–Kier alpha value is -4.32. The van der Waals surface area contributed by atoms with Crippen molar-refractivity contribution >= 4 is 22.8 Å². The molecule has 0 aromatic heterocycles. The molecule has 0 radical (unpaired) electrons. The SMILES string of the molecule is CCOC(=O)C=Cc1ccc(Oc2c(-c3ccc(O)c(F)c3)ccc3cc(O)ccc23)cc1. The van der Waals surface area contributed by atoms with E-state index in [1.54, 1.807) is 67.6 Å². The van der Waals surface area contributed by atoms with E-state index in [1.807, 2.05) is 6.07 Å². The lowest BCUT2D eigenvalue weighted by atomic mass is 9.99. The molecule has 0 heterocycles. The van der Waals surface area contributed by atoms with E-state index < -0.39 is 17.5 Å². The summed E-state index contributed by atoms with van der Waals surface area (Å²) in [5.41, 5.74) is 1.95. The molecule has 0 aliphatic heterocycles. The van der Waals surface area contributed by atoms with Crippen molar-refractivity contribution in [2.24, 2.45) is 0 Å². The van der Waals surface area contributed by atoms with Crippen LogP contribution >= 0.6 is 0 Å². The van der Waals surface area contributed by atoms with Gasteiger partial charge in [-0.15, -0.1) is 0 Å². The van der Waals surface area contributed by atoms with Crippen LogP contribution in [-0.4, -0.2) is 22.8 Å². The fourth-order valence-corrected chi connectivity index (χ4v) is 3.42. The van der Waals surface area contributed by atoms with E-state index in [4.69, 9.17) is 9.47 Å². The van der Waals surface area contributed by atoms with Gasteiger partial charge in [-0.3, -0.25) is 0 Å². The molecule has 0 amide bonds. The number of phenolic OH excluding ortho intramolecular Hbond substituents is 2. The largest absolute Gasteiger partial charge is 0.508 e. The molecule has 166 valence electrons. The Morgan fingerprint density at radius 1 is 0.970 bits per heavy atom. The van der Waals surface area contributed by atoms with Crippen LogP contribution in [0.2, 0.25) is 0 Å². The van der Waals surface area contributed by atoms with Crippen molar-refractivity contribution in [1.29, 1.82) is 0 Å². The van der Waals surface area contributed by atoms with Crippen LogP contribution in [-0.2, 0) is 9.53 Å². The second-order valence-corrected chi connectivity index (χ2v) is 7.27. The zero-order valence-corrected chi connectivity index (χ0v) is 17.8. The summed E-state index contributed by atoms with van der Waals surface area (Å²) in [6.45, 7) is 2.05. The number of hydrogen-bond acceptors (Lipinski definition) is 5. The monoisotopic (exact) mass is 444 g/mol. The van der Waals surface area contributed by atoms with Crippen molar-refractivity contribution in [3.63, 3.8) is 0 Å². The van der Waals surface area contributed by atoms with Gasteiger partial charge >= 0.3 is 5.97 Å². The summed E-state index contributed by atoms with van der Waals surface area (Å²) in [6.07, 6.45) is 3.00. The molecule has 5 nitrogen and oxygen atoms in total. The van der Waals surface area contributed by atoms with Crippen LogP contribution in [0.1, 0.15) is 12.5 Å². The third-order valence-corrected chi connectivity index (χ3v) is 5.01. The summed E-state index contributed by atoms with van der Waals surface area (Å²) in [6, 6.07) is 19.7. The normalized spacial score (nSPS) is 11.1. The summed E-state index contributed by atoms with van der Waals surface area (Å²) in [7, 11) is 0. The van der Waals surface area contributed by atoms with Crippen LogP contribution in [0.3, 0.4) is 0 Å². The highest BCUT2D eigenvalue weighted by atomic mass is 19.1. The molecule has 0 spiro atoms. The van der Waals surface area contributed by atoms with E-state index in [0.717, 1.165) is 16.3 Å². The Morgan fingerprint density at radius 2 is 1.76 bits per heavy atom. The first-order valence-electron chi connectivity index (χ1n) is 10.3. The molecular formula is C27H21FO5. The predicted octanol–water partition coefficient (Wildman–Crippen LogP) is 6.43. The molecule has 2 N–H and O–H groups in total. The number of fused-ring (bicyclic) bond motifs is 1. The highest BCUT2D eigenvalue weighted by Crippen LogP contribution is 2.41. The second kappa shape index (κ2) is 9.44. The molecule has 4 aromatic carbocycles. The van der Waals surface area contributed by atoms with E-state index >= 15 is 0 Å². The van der Waals surface area contributed by atoms with Gasteiger partial charge in [-0.05, 0) is 78.0 Å². The first-order chi connectivity index (χ1) is 15.9. The second-order valence-electron chi connectivity index (χ2n) is 7.27. The van der Waals surface area contributed by atoms with Crippen LogP contribution in [0.5, 0.6) is 23.0 Å². The Morgan fingerprint density at radius 3 is 2.48 bits per heavy atom. The topological polar surface area (TPSA) is 76.0 Å². The van der Waals surface area contributed by atoms with Crippen LogP contribution < -0.4 is 4.74 Å². The maximum atomic E-state index is 14.0.